The fourth-order valence-electron chi connectivity index (χ4n) is 6.32. The van der Waals surface area contributed by atoms with E-state index in [0.29, 0.717) is 17.8 Å². The van der Waals surface area contributed by atoms with Crippen LogP contribution in [0.15, 0.2) is 18.2 Å². The highest BCUT2D eigenvalue weighted by molar-refractivity contribution is 7.92. The predicted molar refractivity (Wildman–Crippen MR) is 121 cm³/mol. The van der Waals surface area contributed by atoms with Crippen LogP contribution < -0.4 is 15.4 Å². The lowest BCUT2D eigenvalue weighted by molar-refractivity contribution is -0.148. The highest BCUT2D eigenvalue weighted by Gasteiger charge is 2.55. The highest BCUT2D eigenvalue weighted by atomic mass is 32.2. The van der Waals surface area contributed by atoms with Crippen LogP contribution in [0.3, 0.4) is 0 Å². The Morgan fingerprint density at radius 1 is 1.06 bits per heavy atom. The maximum atomic E-state index is 14.0. The van der Waals surface area contributed by atoms with Gasteiger partial charge in [0.1, 0.15) is 11.9 Å². The summed E-state index contributed by atoms with van der Waals surface area (Å²) in [6, 6.07) is 2.93. The van der Waals surface area contributed by atoms with E-state index in [-0.39, 0.29) is 28.6 Å². The van der Waals surface area contributed by atoms with Crippen LogP contribution in [0.4, 0.5) is 15.8 Å². The van der Waals surface area contributed by atoms with E-state index in [1.807, 2.05) is 13.8 Å². The second kappa shape index (κ2) is 8.32. The van der Waals surface area contributed by atoms with Crippen molar-refractivity contribution in [3.63, 3.8) is 0 Å². The molecule has 176 valence electrons. The van der Waals surface area contributed by atoms with Crippen molar-refractivity contribution < 1.29 is 22.4 Å². The Morgan fingerprint density at radius 3 is 2.12 bits per heavy atom. The first-order chi connectivity index (χ1) is 14.9. The van der Waals surface area contributed by atoms with Gasteiger partial charge < -0.3 is 10.6 Å². The molecule has 4 aliphatic carbocycles. The van der Waals surface area contributed by atoms with Gasteiger partial charge >= 0.3 is 0 Å². The van der Waals surface area contributed by atoms with Gasteiger partial charge in [-0.2, -0.15) is 0 Å². The van der Waals surface area contributed by atoms with Gasteiger partial charge in [0.15, 0.2) is 0 Å². The van der Waals surface area contributed by atoms with Gasteiger partial charge in [0.25, 0.3) is 0 Å². The van der Waals surface area contributed by atoms with E-state index in [9.17, 15) is 22.4 Å². The Morgan fingerprint density at radius 2 is 1.62 bits per heavy atom. The van der Waals surface area contributed by atoms with Crippen molar-refractivity contribution in [2.75, 3.05) is 16.3 Å². The largest absolute Gasteiger partial charge is 0.344 e. The standard InChI is InChI=1S/C23H32FN3O4S/c1-13(2)20(21(28)25-17-4-5-18(24)19(9-17)27-32(3,30)31)26-22(29)23-10-14-6-15(11-23)8-16(7-14)12-23/h4-5,9,13-16,20,27H,6-8,10-12H2,1-3H3,(H,25,28)(H,26,29). The molecule has 7 nitrogen and oxygen atoms in total. The molecule has 0 spiro atoms. The molecule has 9 heteroatoms. The van der Waals surface area contributed by atoms with E-state index >= 15 is 0 Å². The normalized spacial score (nSPS) is 29.6. The summed E-state index contributed by atoms with van der Waals surface area (Å²) in [5.74, 6) is 0.541. The van der Waals surface area contributed by atoms with Crippen LogP contribution in [-0.4, -0.2) is 32.5 Å². The third-order valence-corrected chi connectivity index (χ3v) is 7.88. The van der Waals surface area contributed by atoms with Crippen LogP contribution in [0, 0.1) is 34.9 Å². The van der Waals surface area contributed by atoms with Gasteiger partial charge in [-0.05, 0) is 80.4 Å². The van der Waals surface area contributed by atoms with E-state index in [1.165, 1.54) is 31.4 Å². The second-order valence-electron chi connectivity index (χ2n) is 10.5. The third-order valence-electron chi connectivity index (χ3n) is 7.28. The Kier molecular flexibility index (Phi) is 5.98. The van der Waals surface area contributed by atoms with Crippen molar-refractivity contribution in [2.45, 2.75) is 58.4 Å². The van der Waals surface area contributed by atoms with Crippen molar-refractivity contribution >= 4 is 33.2 Å². The zero-order chi connectivity index (χ0) is 23.3. The minimum Gasteiger partial charge on any atom is -0.344 e. The van der Waals surface area contributed by atoms with Crippen molar-refractivity contribution in [3.8, 4) is 0 Å². The van der Waals surface area contributed by atoms with E-state index in [1.54, 1.807) is 0 Å². The van der Waals surface area contributed by atoms with Crippen LogP contribution in [0.25, 0.3) is 0 Å². The van der Waals surface area contributed by atoms with Gasteiger partial charge in [-0.1, -0.05) is 13.8 Å². The minimum atomic E-state index is -3.67. The molecule has 4 saturated carbocycles. The van der Waals surface area contributed by atoms with E-state index in [4.69, 9.17) is 0 Å². The Labute approximate surface area is 189 Å². The Bertz CT molecular complexity index is 989. The molecule has 5 rings (SSSR count). The summed E-state index contributed by atoms with van der Waals surface area (Å²) in [4.78, 5) is 26.4. The molecule has 1 unspecified atom stereocenters. The number of nitrogens with one attached hydrogen (secondary N) is 3. The molecule has 1 aromatic carbocycles. The molecule has 0 aliphatic heterocycles. The van der Waals surface area contributed by atoms with Gasteiger partial charge in [0.2, 0.25) is 21.8 Å². The number of hydrogen-bond acceptors (Lipinski definition) is 4. The summed E-state index contributed by atoms with van der Waals surface area (Å²) in [5.41, 5.74) is -0.355. The SMILES string of the molecule is CC(C)C(NC(=O)C12CC3CC(CC(C3)C1)C2)C(=O)Nc1ccc(F)c(NS(C)(=O)=O)c1. The lowest BCUT2D eigenvalue weighted by Gasteiger charge is -2.55. The third kappa shape index (κ3) is 4.77. The van der Waals surface area contributed by atoms with Gasteiger partial charge in [-0.3, -0.25) is 14.3 Å². The monoisotopic (exact) mass is 465 g/mol. The maximum absolute atomic E-state index is 14.0. The molecule has 2 amide bonds. The summed E-state index contributed by atoms with van der Waals surface area (Å²) in [6.45, 7) is 3.73. The van der Waals surface area contributed by atoms with E-state index in [0.717, 1.165) is 31.6 Å². The van der Waals surface area contributed by atoms with E-state index in [2.05, 4.69) is 15.4 Å². The average Bonchev–Trinajstić information content (AvgIpc) is 2.66. The number of benzene rings is 1. The Balaban J connectivity index is 1.47. The highest BCUT2D eigenvalue weighted by Crippen LogP contribution is 2.60. The molecule has 32 heavy (non-hydrogen) atoms. The number of anilines is 2. The number of sulfonamides is 1. The number of halogens is 1. The fourth-order valence-corrected chi connectivity index (χ4v) is 6.87. The summed E-state index contributed by atoms with van der Waals surface area (Å²) in [6.07, 6.45) is 7.35. The molecule has 4 bridgehead atoms. The molecule has 4 fully saturated rings. The topological polar surface area (TPSA) is 104 Å². The zero-order valence-corrected chi connectivity index (χ0v) is 19.6. The fraction of sp³-hybridized carbons (Fsp3) is 0.652. The van der Waals surface area contributed by atoms with Gasteiger partial charge in [0.05, 0.1) is 11.9 Å². The summed E-state index contributed by atoms with van der Waals surface area (Å²) in [7, 11) is -3.67. The second-order valence-corrected chi connectivity index (χ2v) is 12.2. The van der Waals surface area contributed by atoms with Crippen molar-refractivity contribution in [1.82, 2.24) is 5.32 Å². The molecule has 4 aliphatic rings. The van der Waals surface area contributed by atoms with Crippen molar-refractivity contribution in [1.29, 1.82) is 0 Å². The van der Waals surface area contributed by atoms with Gasteiger partial charge in [-0.15, -0.1) is 0 Å². The number of amides is 2. The smallest absolute Gasteiger partial charge is 0.247 e. The van der Waals surface area contributed by atoms with Crippen molar-refractivity contribution in [3.05, 3.63) is 24.0 Å². The summed E-state index contributed by atoms with van der Waals surface area (Å²) >= 11 is 0. The first-order valence-electron chi connectivity index (χ1n) is 11.3. The molecular formula is C23H32FN3O4S. The van der Waals surface area contributed by atoms with Crippen LogP contribution in [-0.2, 0) is 19.6 Å². The van der Waals surface area contributed by atoms with Crippen LogP contribution in [0.5, 0.6) is 0 Å². The van der Waals surface area contributed by atoms with Crippen LogP contribution >= 0.6 is 0 Å². The van der Waals surface area contributed by atoms with Gasteiger partial charge in [0, 0.05) is 11.1 Å². The maximum Gasteiger partial charge on any atom is 0.247 e. The lowest BCUT2D eigenvalue weighted by atomic mass is 9.49. The first kappa shape index (κ1) is 23.0. The number of carbonyl (C=O) groups excluding carboxylic acids is 2. The molecule has 1 aromatic rings. The Hall–Kier alpha value is -2.16. The quantitative estimate of drug-likeness (QED) is 0.573. The number of rotatable bonds is 7. The summed E-state index contributed by atoms with van der Waals surface area (Å²) in [5, 5.41) is 5.72. The van der Waals surface area contributed by atoms with Crippen LogP contribution in [0.1, 0.15) is 52.4 Å². The first-order valence-corrected chi connectivity index (χ1v) is 13.2. The van der Waals surface area contributed by atoms with Gasteiger partial charge in [-0.25, -0.2) is 12.8 Å². The van der Waals surface area contributed by atoms with Crippen LogP contribution in [0.2, 0.25) is 0 Å². The lowest BCUT2D eigenvalue weighted by Crippen LogP contribution is -2.57. The predicted octanol–water partition coefficient (Wildman–Crippen LogP) is 3.49. The summed E-state index contributed by atoms with van der Waals surface area (Å²) < 4.78 is 39.0. The molecule has 3 N–H and O–H groups in total. The zero-order valence-electron chi connectivity index (χ0n) is 18.8. The van der Waals surface area contributed by atoms with E-state index < -0.39 is 27.8 Å². The molecule has 0 aromatic heterocycles. The average molecular weight is 466 g/mol. The molecule has 0 heterocycles. The number of hydrogen-bond donors (Lipinski definition) is 3. The molecule has 0 radical (unpaired) electrons. The van der Waals surface area contributed by atoms with Crippen molar-refractivity contribution in [2.24, 2.45) is 29.1 Å². The number of carbonyl (C=O) groups is 2. The molecule has 1 atom stereocenters. The molecular weight excluding hydrogens is 433 g/mol. The minimum absolute atomic E-state index is 0.0241. The molecule has 0 saturated heterocycles.